The van der Waals surface area contributed by atoms with Crippen LogP contribution in [0.3, 0.4) is 0 Å². The summed E-state index contributed by atoms with van der Waals surface area (Å²) in [4.78, 5) is 26.4. The summed E-state index contributed by atoms with van der Waals surface area (Å²) in [6.45, 7) is 13.2. The Balaban J connectivity index is 1.26. The number of aromatic nitrogens is 6. The molecule has 0 fully saturated rings. The van der Waals surface area contributed by atoms with Crippen molar-refractivity contribution in [1.82, 2.24) is 28.9 Å². The van der Waals surface area contributed by atoms with E-state index in [1.165, 1.54) is 0 Å². The number of amides is 1. The van der Waals surface area contributed by atoms with E-state index in [1.807, 2.05) is 81.7 Å². The van der Waals surface area contributed by atoms with Gasteiger partial charge in [0.1, 0.15) is 11.4 Å². The summed E-state index contributed by atoms with van der Waals surface area (Å²) in [7, 11) is 3.97. The van der Waals surface area contributed by atoms with Crippen LogP contribution in [0.2, 0.25) is 10.0 Å². The maximum Gasteiger partial charge on any atom is 0.275 e. The smallest absolute Gasteiger partial charge is 0.275 e. The van der Waals surface area contributed by atoms with E-state index in [2.05, 4.69) is 57.3 Å². The van der Waals surface area contributed by atoms with E-state index < -0.39 is 0 Å². The Morgan fingerprint density at radius 2 is 1.69 bits per heavy atom. The van der Waals surface area contributed by atoms with Gasteiger partial charge in [-0.2, -0.15) is 5.10 Å². The molecule has 1 aliphatic rings. The van der Waals surface area contributed by atoms with Crippen molar-refractivity contribution in [1.29, 1.82) is 0 Å². The van der Waals surface area contributed by atoms with Crippen LogP contribution >= 0.6 is 23.2 Å². The van der Waals surface area contributed by atoms with Gasteiger partial charge in [0.2, 0.25) is 0 Å². The minimum atomic E-state index is -0.0711. The first-order valence-electron chi connectivity index (χ1n) is 18.3. The molecule has 0 saturated carbocycles. The molecule has 0 radical (unpaired) electrons. The maximum absolute atomic E-state index is 15.2. The molecule has 0 saturated heterocycles. The number of hydrogen-bond acceptors (Lipinski definition) is 5. The third kappa shape index (κ3) is 5.85. The van der Waals surface area contributed by atoms with Gasteiger partial charge in [0.05, 0.1) is 28.5 Å². The number of anilines is 1. The lowest BCUT2D eigenvalue weighted by atomic mass is 9.98. The minimum Gasteiger partial charge on any atom is -0.494 e. The number of ether oxygens (including phenoxy) is 1. The van der Waals surface area contributed by atoms with E-state index in [4.69, 9.17) is 33.0 Å². The molecule has 11 heteroatoms. The Hall–Kier alpha value is -5.12. The standard InChI is InChI=1S/C43H43Cl2N7O2/c1-23-18-30(19-24(2)39(23)45)54-17-9-10-31-32-12-13-34(44)38(37-27(5)48-50(8)28(37)6)40(32)52-26(4)21-51(43(53)41(31)52)36-22-49(7)35-14-11-29(20-33(35)36)42-46-16-15-25(3)47-42/h11-16,18-20,22,26H,9-10,17,21H2,1-8H3. The molecule has 4 aromatic heterocycles. The van der Waals surface area contributed by atoms with Crippen LogP contribution in [0.4, 0.5) is 5.69 Å². The van der Waals surface area contributed by atoms with Crippen LogP contribution in [0.25, 0.3) is 44.3 Å². The van der Waals surface area contributed by atoms with Crippen LogP contribution in [-0.4, -0.2) is 47.9 Å². The lowest BCUT2D eigenvalue weighted by molar-refractivity contribution is 0.0957. The van der Waals surface area contributed by atoms with Gasteiger partial charge in [0.25, 0.3) is 5.91 Å². The quantitative estimate of drug-likeness (QED) is 0.144. The molecule has 0 bridgehead atoms. The van der Waals surface area contributed by atoms with E-state index in [-0.39, 0.29) is 11.9 Å². The Labute approximate surface area is 325 Å². The van der Waals surface area contributed by atoms with E-state index in [1.54, 1.807) is 6.20 Å². The van der Waals surface area contributed by atoms with Gasteiger partial charge in [-0.15, -0.1) is 0 Å². The molecule has 1 unspecified atom stereocenters. The lowest BCUT2D eigenvalue weighted by Gasteiger charge is -2.34. The van der Waals surface area contributed by atoms with Gasteiger partial charge in [-0.3, -0.25) is 9.48 Å². The molecule has 0 aliphatic carbocycles. The van der Waals surface area contributed by atoms with E-state index >= 15 is 4.79 Å². The average molecular weight is 761 g/mol. The number of hydrogen-bond donors (Lipinski definition) is 0. The Morgan fingerprint density at radius 1 is 0.926 bits per heavy atom. The first-order valence-corrected chi connectivity index (χ1v) is 19.1. The highest BCUT2D eigenvalue weighted by atomic mass is 35.5. The largest absolute Gasteiger partial charge is 0.494 e. The van der Waals surface area contributed by atoms with Gasteiger partial charge in [-0.1, -0.05) is 29.3 Å². The van der Waals surface area contributed by atoms with Crippen molar-refractivity contribution in [2.75, 3.05) is 18.1 Å². The zero-order valence-corrected chi connectivity index (χ0v) is 33.4. The van der Waals surface area contributed by atoms with Gasteiger partial charge in [0.15, 0.2) is 5.82 Å². The molecular formula is C43H43Cl2N7O2. The SMILES string of the molecule is Cc1ccnc(-c2ccc3c(c2)c(N2CC(C)n4c(c(CCCOc5cc(C)c(Cl)c(C)c5)c5ccc(Cl)c(-c6c(C)nn(C)c6C)c54)C2=O)cn3C)n1. The van der Waals surface area contributed by atoms with Gasteiger partial charge in [-0.05, 0) is 114 Å². The molecule has 0 N–H and O–H groups in total. The number of carbonyl (C=O) groups is 1. The molecule has 9 nitrogen and oxygen atoms in total. The highest BCUT2D eigenvalue weighted by Crippen LogP contribution is 2.46. The summed E-state index contributed by atoms with van der Waals surface area (Å²) in [6.07, 6.45) is 5.17. The fourth-order valence-corrected chi connectivity index (χ4v) is 8.61. The van der Waals surface area contributed by atoms with Gasteiger partial charge in [0, 0.05) is 88.5 Å². The summed E-state index contributed by atoms with van der Waals surface area (Å²) < 4.78 is 12.5. The molecule has 276 valence electrons. The third-order valence-electron chi connectivity index (χ3n) is 10.9. The third-order valence-corrected chi connectivity index (χ3v) is 11.8. The van der Waals surface area contributed by atoms with Crippen LogP contribution < -0.4 is 9.64 Å². The average Bonchev–Trinajstić information content (AvgIpc) is 3.74. The van der Waals surface area contributed by atoms with Crippen LogP contribution in [0.5, 0.6) is 5.75 Å². The normalized spacial score (nSPS) is 14.4. The molecule has 54 heavy (non-hydrogen) atoms. The number of rotatable bonds is 8. The molecule has 7 aromatic rings. The number of benzene rings is 3. The van der Waals surface area contributed by atoms with Crippen molar-refractivity contribution in [3.8, 4) is 28.3 Å². The second kappa shape index (κ2) is 13.6. The van der Waals surface area contributed by atoms with E-state index in [9.17, 15) is 0 Å². The van der Waals surface area contributed by atoms with Gasteiger partial charge in [-0.25, -0.2) is 9.97 Å². The molecule has 8 rings (SSSR count). The summed E-state index contributed by atoms with van der Waals surface area (Å²) in [5, 5.41) is 8.13. The molecule has 1 amide bonds. The zero-order chi connectivity index (χ0) is 38.2. The predicted molar refractivity (Wildman–Crippen MR) is 218 cm³/mol. The van der Waals surface area contributed by atoms with Gasteiger partial charge < -0.3 is 18.8 Å². The summed E-state index contributed by atoms with van der Waals surface area (Å²) in [6, 6.07) is 16.0. The van der Waals surface area contributed by atoms with E-state index in [0.717, 1.165) is 88.7 Å². The molecular weight excluding hydrogens is 717 g/mol. The summed E-state index contributed by atoms with van der Waals surface area (Å²) in [5.41, 5.74) is 12.1. The Morgan fingerprint density at radius 3 is 2.39 bits per heavy atom. The van der Waals surface area contributed by atoms with Crippen molar-refractivity contribution in [2.45, 2.75) is 60.4 Å². The number of fused-ring (bicyclic) bond motifs is 4. The highest BCUT2D eigenvalue weighted by Gasteiger charge is 2.37. The van der Waals surface area contributed by atoms with Crippen molar-refractivity contribution in [2.24, 2.45) is 14.1 Å². The topological polar surface area (TPSA) is 83.0 Å². The maximum atomic E-state index is 15.2. The number of halogens is 2. The van der Waals surface area contributed by atoms with Crippen molar-refractivity contribution in [3.05, 3.63) is 110 Å². The van der Waals surface area contributed by atoms with Crippen molar-refractivity contribution >= 4 is 56.6 Å². The summed E-state index contributed by atoms with van der Waals surface area (Å²) in [5.74, 6) is 1.40. The molecule has 5 heterocycles. The minimum absolute atomic E-state index is 0.0458. The Bertz CT molecular complexity index is 2630. The monoisotopic (exact) mass is 759 g/mol. The van der Waals surface area contributed by atoms with Gasteiger partial charge >= 0.3 is 0 Å². The van der Waals surface area contributed by atoms with Crippen LogP contribution in [0.1, 0.15) is 63.6 Å². The first kappa shape index (κ1) is 35.9. The number of carbonyl (C=O) groups excluding carboxylic acids is 1. The second-order valence-corrected chi connectivity index (χ2v) is 15.4. The fourth-order valence-electron chi connectivity index (χ4n) is 8.25. The Kier molecular flexibility index (Phi) is 9.05. The fraction of sp³-hybridized carbons (Fsp3) is 0.302. The van der Waals surface area contributed by atoms with E-state index in [0.29, 0.717) is 42.5 Å². The molecule has 1 aliphatic heterocycles. The predicted octanol–water partition coefficient (Wildman–Crippen LogP) is 10.1. The van der Waals surface area contributed by atoms with Crippen molar-refractivity contribution < 1.29 is 9.53 Å². The number of nitrogens with zero attached hydrogens (tertiary/aromatic N) is 7. The molecule has 1 atom stereocenters. The summed E-state index contributed by atoms with van der Waals surface area (Å²) >= 11 is 13.6. The second-order valence-electron chi connectivity index (χ2n) is 14.7. The highest BCUT2D eigenvalue weighted by molar-refractivity contribution is 6.35. The van der Waals surface area contributed by atoms with Crippen LogP contribution in [-0.2, 0) is 20.5 Å². The van der Waals surface area contributed by atoms with Crippen LogP contribution in [0.15, 0.2) is 60.9 Å². The first-order chi connectivity index (χ1) is 25.8. The molecule has 0 spiro atoms. The number of aryl methyl sites for hydroxylation is 7. The van der Waals surface area contributed by atoms with Crippen molar-refractivity contribution in [3.63, 3.8) is 0 Å². The lowest BCUT2D eigenvalue weighted by Crippen LogP contribution is -2.42. The molecule has 3 aromatic carbocycles. The zero-order valence-electron chi connectivity index (χ0n) is 31.9. The van der Waals surface area contributed by atoms with Crippen LogP contribution in [0, 0.1) is 34.6 Å².